The van der Waals surface area contributed by atoms with E-state index in [0.29, 0.717) is 6.42 Å². The van der Waals surface area contributed by atoms with Crippen LogP contribution >= 0.6 is 24.4 Å². The number of carbonyl (C=O) groups excluding carboxylic acids is 1. The van der Waals surface area contributed by atoms with E-state index in [1.54, 1.807) is 11.8 Å². The molecule has 0 spiro atoms. The summed E-state index contributed by atoms with van der Waals surface area (Å²) >= 11 is 5.72. The van der Waals surface area contributed by atoms with Crippen molar-refractivity contribution in [3.8, 4) is 0 Å². The lowest BCUT2D eigenvalue weighted by Gasteiger charge is -2.26. The van der Waals surface area contributed by atoms with Gasteiger partial charge < -0.3 is 0 Å². The SMILES string of the molecule is O=C(S)CC1c2ccccc2Sc2ccccc21. The van der Waals surface area contributed by atoms with Crippen molar-refractivity contribution < 1.29 is 4.79 Å². The maximum atomic E-state index is 11.4. The van der Waals surface area contributed by atoms with Crippen molar-refractivity contribution in [2.75, 3.05) is 0 Å². The monoisotopic (exact) mass is 272 g/mol. The van der Waals surface area contributed by atoms with E-state index in [-0.39, 0.29) is 11.0 Å². The van der Waals surface area contributed by atoms with Gasteiger partial charge in [-0.25, -0.2) is 0 Å². The van der Waals surface area contributed by atoms with Gasteiger partial charge in [0.2, 0.25) is 0 Å². The minimum atomic E-state index is -0.0588. The first-order chi connectivity index (χ1) is 8.75. The number of fused-ring (bicyclic) bond motifs is 2. The van der Waals surface area contributed by atoms with Crippen LogP contribution in [-0.2, 0) is 4.79 Å². The molecule has 0 amide bonds. The molecule has 0 aromatic heterocycles. The maximum absolute atomic E-state index is 11.4. The highest BCUT2D eigenvalue weighted by Gasteiger charge is 2.26. The predicted octanol–water partition coefficient (Wildman–Crippen LogP) is 4.13. The van der Waals surface area contributed by atoms with E-state index in [2.05, 4.69) is 36.9 Å². The molecule has 0 atom stereocenters. The molecule has 0 saturated carbocycles. The molecule has 18 heavy (non-hydrogen) atoms. The van der Waals surface area contributed by atoms with Gasteiger partial charge in [-0.05, 0) is 23.3 Å². The van der Waals surface area contributed by atoms with Crippen molar-refractivity contribution in [1.29, 1.82) is 0 Å². The maximum Gasteiger partial charge on any atom is 0.186 e. The molecule has 0 fully saturated rings. The molecule has 3 rings (SSSR count). The molecule has 1 aliphatic heterocycles. The Hall–Kier alpha value is -1.19. The van der Waals surface area contributed by atoms with E-state index in [9.17, 15) is 4.79 Å². The number of carbonyl (C=O) groups is 1. The Balaban J connectivity index is 2.14. The smallest absolute Gasteiger partial charge is 0.186 e. The summed E-state index contributed by atoms with van der Waals surface area (Å²) in [6.07, 6.45) is 0.456. The van der Waals surface area contributed by atoms with Gasteiger partial charge in [0.05, 0.1) is 0 Å². The zero-order valence-electron chi connectivity index (χ0n) is 9.67. The van der Waals surface area contributed by atoms with Gasteiger partial charge in [0, 0.05) is 22.1 Å². The second-order valence-electron chi connectivity index (χ2n) is 4.33. The summed E-state index contributed by atoms with van der Waals surface area (Å²) in [6, 6.07) is 16.6. The van der Waals surface area contributed by atoms with Crippen LogP contribution < -0.4 is 0 Å². The summed E-state index contributed by atoms with van der Waals surface area (Å²) in [5.41, 5.74) is 2.48. The fourth-order valence-corrected chi connectivity index (χ4v) is 3.77. The zero-order valence-corrected chi connectivity index (χ0v) is 11.4. The Morgan fingerprint density at radius 1 is 1.00 bits per heavy atom. The van der Waals surface area contributed by atoms with Gasteiger partial charge in [-0.1, -0.05) is 48.2 Å². The molecule has 0 aliphatic carbocycles. The van der Waals surface area contributed by atoms with E-state index >= 15 is 0 Å². The van der Waals surface area contributed by atoms with Gasteiger partial charge >= 0.3 is 0 Å². The molecule has 0 saturated heterocycles. The van der Waals surface area contributed by atoms with Crippen LogP contribution in [0, 0.1) is 0 Å². The van der Waals surface area contributed by atoms with Crippen molar-refractivity contribution in [3.05, 3.63) is 59.7 Å². The fourth-order valence-electron chi connectivity index (χ4n) is 2.40. The van der Waals surface area contributed by atoms with E-state index in [1.165, 1.54) is 20.9 Å². The summed E-state index contributed by atoms with van der Waals surface area (Å²) in [5, 5.41) is -0.0588. The van der Waals surface area contributed by atoms with Crippen molar-refractivity contribution in [2.24, 2.45) is 0 Å². The van der Waals surface area contributed by atoms with Crippen molar-refractivity contribution in [3.63, 3.8) is 0 Å². The lowest BCUT2D eigenvalue weighted by Crippen LogP contribution is -2.10. The quantitative estimate of drug-likeness (QED) is 0.828. The molecule has 0 N–H and O–H groups in total. The number of hydrogen-bond donors (Lipinski definition) is 1. The van der Waals surface area contributed by atoms with Gasteiger partial charge in [0.25, 0.3) is 0 Å². The third-order valence-electron chi connectivity index (χ3n) is 3.19. The first-order valence-corrected chi connectivity index (χ1v) is 7.09. The second-order valence-corrected chi connectivity index (χ2v) is 5.91. The summed E-state index contributed by atoms with van der Waals surface area (Å²) in [5.74, 6) is 0.142. The largest absolute Gasteiger partial charge is 0.287 e. The van der Waals surface area contributed by atoms with Crippen LogP contribution in [-0.4, -0.2) is 5.12 Å². The predicted molar refractivity (Wildman–Crippen MR) is 77.5 cm³/mol. The van der Waals surface area contributed by atoms with Crippen LogP contribution in [0.1, 0.15) is 23.5 Å². The van der Waals surface area contributed by atoms with Crippen LogP contribution in [0.2, 0.25) is 0 Å². The molecule has 3 heteroatoms. The summed E-state index contributed by atoms with van der Waals surface area (Å²) in [6.45, 7) is 0. The lowest BCUT2D eigenvalue weighted by molar-refractivity contribution is -0.111. The van der Waals surface area contributed by atoms with Gasteiger partial charge in [-0.15, -0.1) is 12.6 Å². The number of thiol groups is 1. The molecule has 0 bridgehead atoms. The number of hydrogen-bond acceptors (Lipinski definition) is 2. The Morgan fingerprint density at radius 2 is 1.50 bits per heavy atom. The Kier molecular flexibility index (Phi) is 3.18. The Bertz CT molecular complexity index is 561. The van der Waals surface area contributed by atoms with Gasteiger partial charge in [-0.3, -0.25) is 4.79 Å². The molecule has 1 aliphatic rings. The van der Waals surface area contributed by atoms with E-state index in [1.807, 2.05) is 24.3 Å². The normalized spacial score (nSPS) is 13.8. The summed E-state index contributed by atoms with van der Waals surface area (Å²) in [4.78, 5) is 13.9. The molecule has 2 aromatic rings. The molecule has 0 radical (unpaired) electrons. The highest BCUT2D eigenvalue weighted by molar-refractivity contribution is 7.99. The van der Waals surface area contributed by atoms with E-state index in [4.69, 9.17) is 0 Å². The minimum absolute atomic E-state index is 0.0588. The van der Waals surface area contributed by atoms with Crippen LogP contribution in [0.3, 0.4) is 0 Å². The molecule has 0 unspecified atom stereocenters. The Labute approximate surface area is 116 Å². The third-order valence-corrected chi connectivity index (χ3v) is 4.55. The van der Waals surface area contributed by atoms with Crippen molar-refractivity contribution in [2.45, 2.75) is 22.1 Å². The second kappa shape index (κ2) is 4.82. The number of benzene rings is 2. The van der Waals surface area contributed by atoms with E-state index < -0.39 is 0 Å². The average molecular weight is 272 g/mol. The standard InChI is InChI=1S/C15H12OS2/c16-15(17)9-12-10-5-1-3-7-13(10)18-14-8-4-2-6-11(12)14/h1-8,12H,9H2,(H,16,17). The summed E-state index contributed by atoms with van der Waals surface area (Å²) in [7, 11) is 0. The van der Waals surface area contributed by atoms with Crippen LogP contribution in [0.25, 0.3) is 0 Å². The first-order valence-electron chi connectivity index (χ1n) is 5.83. The first kappa shape index (κ1) is 11.9. The minimum Gasteiger partial charge on any atom is -0.287 e. The molecule has 1 heterocycles. The van der Waals surface area contributed by atoms with Crippen LogP contribution in [0.5, 0.6) is 0 Å². The van der Waals surface area contributed by atoms with Crippen LogP contribution in [0.15, 0.2) is 58.3 Å². The Morgan fingerprint density at radius 3 is 2.00 bits per heavy atom. The molecule has 2 aromatic carbocycles. The fraction of sp³-hybridized carbons (Fsp3) is 0.133. The lowest BCUT2D eigenvalue weighted by atomic mass is 9.88. The van der Waals surface area contributed by atoms with Crippen LogP contribution in [0.4, 0.5) is 0 Å². The molecular weight excluding hydrogens is 260 g/mol. The molecule has 1 nitrogen and oxygen atoms in total. The van der Waals surface area contributed by atoms with Crippen molar-refractivity contribution >= 4 is 29.5 Å². The third kappa shape index (κ3) is 2.08. The highest BCUT2D eigenvalue weighted by Crippen LogP contribution is 2.46. The zero-order chi connectivity index (χ0) is 12.5. The molecular formula is C15H12OS2. The summed E-state index contributed by atoms with van der Waals surface area (Å²) < 4.78 is 0. The topological polar surface area (TPSA) is 17.1 Å². The molecule has 90 valence electrons. The van der Waals surface area contributed by atoms with Gasteiger partial charge in [0.1, 0.15) is 0 Å². The van der Waals surface area contributed by atoms with Gasteiger partial charge in [0.15, 0.2) is 5.12 Å². The average Bonchev–Trinajstić information content (AvgIpc) is 2.38. The van der Waals surface area contributed by atoms with Crippen molar-refractivity contribution in [1.82, 2.24) is 0 Å². The highest BCUT2D eigenvalue weighted by atomic mass is 32.2. The number of rotatable bonds is 2. The van der Waals surface area contributed by atoms with E-state index in [0.717, 1.165) is 0 Å². The van der Waals surface area contributed by atoms with Gasteiger partial charge in [-0.2, -0.15) is 0 Å².